The van der Waals surface area contributed by atoms with Crippen LogP contribution in [0.2, 0.25) is 0 Å². The third-order valence-corrected chi connectivity index (χ3v) is 3.85. The molecule has 2 amide bonds. The Balaban J connectivity index is 2.54. The highest BCUT2D eigenvalue weighted by atomic mass is 16.5. The van der Waals surface area contributed by atoms with E-state index in [0.29, 0.717) is 19.5 Å². The monoisotopic (exact) mass is 320 g/mol. The Kier molecular flexibility index (Phi) is 8.16. The zero-order valence-corrected chi connectivity index (χ0v) is 14.7. The molecule has 0 atom stereocenters. The van der Waals surface area contributed by atoms with Crippen molar-refractivity contribution in [2.24, 2.45) is 0 Å². The number of ether oxygens (including phenoxy) is 1. The van der Waals surface area contributed by atoms with E-state index in [1.165, 1.54) is 6.92 Å². The molecule has 0 bridgehead atoms. The summed E-state index contributed by atoms with van der Waals surface area (Å²) < 4.78 is 5.13. The molecule has 0 spiro atoms. The number of benzene rings is 1. The molecule has 5 nitrogen and oxygen atoms in total. The molecule has 0 aliphatic heterocycles. The van der Waals surface area contributed by atoms with Crippen molar-refractivity contribution in [1.82, 2.24) is 9.80 Å². The van der Waals surface area contributed by atoms with Crippen molar-refractivity contribution in [1.29, 1.82) is 0 Å². The van der Waals surface area contributed by atoms with Gasteiger partial charge in [0.05, 0.1) is 7.11 Å². The fourth-order valence-corrected chi connectivity index (χ4v) is 2.24. The van der Waals surface area contributed by atoms with Gasteiger partial charge in [0, 0.05) is 40.0 Å². The summed E-state index contributed by atoms with van der Waals surface area (Å²) in [5.41, 5.74) is 1.02. The Morgan fingerprint density at radius 2 is 1.78 bits per heavy atom. The highest BCUT2D eigenvalue weighted by molar-refractivity contribution is 5.78. The van der Waals surface area contributed by atoms with Crippen molar-refractivity contribution in [2.75, 3.05) is 27.2 Å². The third-order valence-electron chi connectivity index (χ3n) is 3.85. The fraction of sp³-hybridized carbons (Fsp3) is 0.556. The number of methoxy groups -OCH3 is 1. The van der Waals surface area contributed by atoms with E-state index in [-0.39, 0.29) is 11.8 Å². The van der Waals surface area contributed by atoms with Crippen molar-refractivity contribution in [3.63, 3.8) is 0 Å². The van der Waals surface area contributed by atoms with Crippen LogP contribution in [-0.2, 0) is 16.1 Å². The number of nitrogens with zero attached hydrogens (tertiary/aromatic N) is 2. The maximum atomic E-state index is 12.1. The second-order valence-electron chi connectivity index (χ2n) is 5.71. The molecule has 0 aliphatic rings. The Hall–Kier alpha value is -2.04. The second-order valence-corrected chi connectivity index (χ2v) is 5.71. The van der Waals surface area contributed by atoms with Crippen LogP contribution in [0.3, 0.4) is 0 Å². The van der Waals surface area contributed by atoms with Gasteiger partial charge < -0.3 is 14.5 Å². The number of hydrogen-bond donors (Lipinski definition) is 0. The molecule has 128 valence electrons. The Labute approximate surface area is 139 Å². The molecule has 1 rings (SSSR count). The molecule has 0 aromatic heterocycles. The van der Waals surface area contributed by atoms with Gasteiger partial charge in [-0.25, -0.2) is 0 Å². The summed E-state index contributed by atoms with van der Waals surface area (Å²) in [6.07, 6.45) is 2.43. The van der Waals surface area contributed by atoms with Gasteiger partial charge in [-0.1, -0.05) is 25.5 Å². The first-order valence-electron chi connectivity index (χ1n) is 8.10. The number of unbranched alkanes of at least 4 members (excludes halogenated alkanes) is 1. The molecule has 0 saturated heterocycles. The molecule has 0 N–H and O–H groups in total. The summed E-state index contributed by atoms with van der Waals surface area (Å²) in [5, 5.41) is 0. The maximum absolute atomic E-state index is 12.1. The van der Waals surface area contributed by atoms with Gasteiger partial charge in [-0.05, 0) is 24.1 Å². The standard InChI is InChI=1S/C18H28N2O3/c1-5-6-12-19(3)18(22)11-13-20(15(2)21)14-16-7-9-17(23-4)10-8-16/h7-10H,5-6,11-14H2,1-4H3. The molecular weight excluding hydrogens is 292 g/mol. The van der Waals surface area contributed by atoms with E-state index in [1.54, 1.807) is 16.9 Å². The molecule has 0 radical (unpaired) electrons. The normalized spacial score (nSPS) is 10.3. The lowest BCUT2D eigenvalue weighted by atomic mass is 10.2. The molecular formula is C18H28N2O3. The summed E-state index contributed by atoms with van der Waals surface area (Å²) in [6.45, 7) is 5.36. The van der Waals surface area contributed by atoms with Gasteiger partial charge in [0.2, 0.25) is 11.8 Å². The lowest BCUT2D eigenvalue weighted by Gasteiger charge is -2.23. The molecule has 0 heterocycles. The van der Waals surface area contributed by atoms with Crippen molar-refractivity contribution < 1.29 is 14.3 Å². The quantitative estimate of drug-likeness (QED) is 0.703. The SMILES string of the molecule is CCCCN(C)C(=O)CCN(Cc1ccc(OC)cc1)C(C)=O. The van der Waals surface area contributed by atoms with E-state index in [1.807, 2.05) is 31.3 Å². The van der Waals surface area contributed by atoms with Crippen LogP contribution >= 0.6 is 0 Å². The summed E-state index contributed by atoms with van der Waals surface area (Å²) in [5.74, 6) is 0.847. The van der Waals surface area contributed by atoms with Gasteiger partial charge in [0.25, 0.3) is 0 Å². The third kappa shape index (κ3) is 6.72. The van der Waals surface area contributed by atoms with Crippen LogP contribution in [0.25, 0.3) is 0 Å². The minimum Gasteiger partial charge on any atom is -0.497 e. The van der Waals surface area contributed by atoms with Crippen LogP contribution < -0.4 is 4.74 Å². The number of carbonyl (C=O) groups excluding carboxylic acids is 2. The highest BCUT2D eigenvalue weighted by Gasteiger charge is 2.14. The highest BCUT2D eigenvalue weighted by Crippen LogP contribution is 2.13. The van der Waals surface area contributed by atoms with Gasteiger partial charge in [0.1, 0.15) is 5.75 Å². The summed E-state index contributed by atoms with van der Waals surface area (Å²) >= 11 is 0. The summed E-state index contributed by atoms with van der Waals surface area (Å²) in [4.78, 5) is 27.3. The van der Waals surface area contributed by atoms with E-state index in [2.05, 4.69) is 6.92 Å². The van der Waals surface area contributed by atoms with Gasteiger partial charge in [-0.15, -0.1) is 0 Å². The molecule has 0 fully saturated rings. The predicted molar refractivity (Wildman–Crippen MR) is 91.2 cm³/mol. The van der Waals surface area contributed by atoms with E-state index in [9.17, 15) is 9.59 Å². The van der Waals surface area contributed by atoms with Crippen LogP contribution in [0.4, 0.5) is 0 Å². The first kappa shape index (κ1) is 19.0. The zero-order valence-electron chi connectivity index (χ0n) is 14.7. The molecule has 0 saturated carbocycles. The zero-order chi connectivity index (χ0) is 17.2. The molecule has 1 aromatic carbocycles. The average molecular weight is 320 g/mol. The van der Waals surface area contributed by atoms with Gasteiger partial charge in [-0.3, -0.25) is 9.59 Å². The topological polar surface area (TPSA) is 49.9 Å². The molecule has 23 heavy (non-hydrogen) atoms. The van der Waals surface area contributed by atoms with Crippen LogP contribution in [0.15, 0.2) is 24.3 Å². The second kappa shape index (κ2) is 9.87. The first-order chi connectivity index (χ1) is 11.0. The largest absolute Gasteiger partial charge is 0.497 e. The Morgan fingerprint density at radius 3 is 2.30 bits per heavy atom. The number of amides is 2. The molecule has 0 aliphatic carbocycles. The van der Waals surface area contributed by atoms with Crippen molar-refractivity contribution in [3.05, 3.63) is 29.8 Å². The first-order valence-corrected chi connectivity index (χ1v) is 8.10. The van der Waals surface area contributed by atoms with Gasteiger partial charge in [0.15, 0.2) is 0 Å². The van der Waals surface area contributed by atoms with Gasteiger partial charge >= 0.3 is 0 Å². The van der Waals surface area contributed by atoms with Crippen LogP contribution in [0.5, 0.6) is 5.75 Å². The van der Waals surface area contributed by atoms with Crippen molar-refractivity contribution >= 4 is 11.8 Å². The molecule has 1 aromatic rings. The number of hydrogen-bond acceptors (Lipinski definition) is 3. The smallest absolute Gasteiger partial charge is 0.224 e. The van der Waals surface area contributed by atoms with Crippen molar-refractivity contribution in [2.45, 2.75) is 39.7 Å². The van der Waals surface area contributed by atoms with E-state index < -0.39 is 0 Å². The lowest BCUT2D eigenvalue weighted by Crippen LogP contribution is -2.34. The van der Waals surface area contributed by atoms with Crippen LogP contribution in [0, 0.1) is 0 Å². The van der Waals surface area contributed by atoms with Crippen LogP contribution in [0.1, 0.15) is 38.7 Å². The molecule has 0 unspecified atom stereocenters. The minimum atomic E-state index is -0.0233. The lowest BCUT2D eigenvalue weighted by molar-refractivity contribution is -0.133. The minimum absolute atomic E-state index is 0.0233. The summed E-state index contributed by atoms with van der Waals surface area (Å²) in [7, 11) is 3.44. The Morgan fingerprint density at radius 1 is 1.13 bits per heavy atom. The van der Waals surface area contributed by atoms with Crippen LogP contribution in [-0.4, -0.2) is 48.9 Å². The van der Waals surface area contributed by atoms with Gasteiger partial charge in [-0.2, -0.15) is 0 Å². The fourth-order valence-electron chi connectivity index (χ4n) is 2.24. The number of rotatable bonds is 9. The summed E-state index contributed by atoms with van der Waals surface area (Å²) in [6, 6.07) is 7.61. The number of carbonyl (C=O) groups is 2. The Bertz CT molecular complexity index is 499. The average Bonchev–Trinajstić information content (AvgIpc) is 2.56. The van der Waals surface area contributed by atoms with Crippen molar-refractivity contribution in [3.8, 4) is 5.75 Å². The van der Waals surface area contributed by atoms with E-state index >= 15 is 0 Å². The van der Waals surface area contributed by atoms with E-state index in [0.717, 1.165) is 30.7 Å². The van der Waals surface area contributed by atoms with E-state index in [4.69, 9.17) is 4.74 Å². The maximum Gasteiger partial charge on any atom is 0.224 e. The molecule has 5 heteroatoms. The predicted octanol–water partition coefficient (Wildman–Crippen LogP) is 2.69.